The Kier molecular flexibility index (Phi) is 6.78. The van der Waals surface area contributed by atoms with Gasteiger partial charge in [-0.15, -0.1) is 0 Å². The summed E-state index contributed by atoms with van der Waals surface area (Å²) in [5.74, 6) is -0.198. The minimum absolute atomic E-state index is 0.0363. The van der Waals surface area contributed by atoms with Crippen LogP contribution < -0.4 is 4.74 Å². The van der Waals surface area contributed by atoms with Crippen molar-refractivity contribution in [3.8, 4) is 5.75 Å². The average molecular weight is 476 g/mol. The first-order valence-corrected chi connectivity index (χ1v) is 12.2. The molecule has 1 unspecified atom stereocenters. The van der Waals surface area contributed by atoms with E-state index in [1.165, 1.54) is 21.3 Å². The summed E-state index contributed by atoms with van der Waals surface area (Å²) >= 11 is 0. The fraction of sp³-hybridized carbons (Fsp3) is 0.391. The van der Waals surface area contributed by atoms with E-state index in [0.717, 1.165) is 23.4 Å². The molecule has 2 fully saturated rings. The lowest BCUT2D eigenvalue weighted by Crippen LogP contribution is -2.53. The molecule has 2 aromatic rings. The van der Waals surface area contributed by atoms with Crippen LogP contribution in [0.3, 0.4) is 0 Å². The number of imide groups is 1. The van der Waals surface area contributed by atoms with Crippen LogP contribution in [0.15, 0.2) is 53.4 Å². The van der Waals surface area contributed by atoms with E-state index in [1.54, 1.807) is 7.11 Å². The quantitative estimate of drug-likeness (QED) is 0.565. The van der Waals surface area contributed by atoms with Gasteiger partial charge in [-0.3, -0.25) is 19.4 Å². The van der Waals surface area contributed by atoms with Crippen molar-refractivity contribution >= 4 is 21.8 Å². The minimum Gasteiger partial charge on any atom is -0.497 e. The number of halogens is 1. The number of nitrogens with zero attached hydrogens (tertiary/aromatic N) is 3. The molecule has 0 aliphatic carbocycles. The second-order valence-corrected chi connectivity index (χ2v) is 10.0. The number of carbonyl (C=O) groups excluding carboxylic acids is 2. The molecule has 2 aliphatic rings. The van der Waals surface area contributed by atoms with Gasteiger partial charge in [0.1, 0.15) is 11.6 Å². The van der Waals surface area contributed by atoms with Crippen LogP contribution >= 0.6 is 0 Å². The third-order valence-electron chi connectivity index (χ3n) is 6.17. The number of benzene rings is 2. The Bertz CT molecular complexity index is 1110. The summed E-state index contributed by atoms with van der Waals surface area (Å²) < 4.78 is 45.2. The summed E-state index contributed by atoms with van der Waals surface area (Å²) in [6.07, 6.45) is 0.657. The zero-order valence-corrected chi connectivity index (χ0v) is 19.1. The Morgan fingerprint density at radius 2 is 1.61 bits per heavy atom. The number of hydrogen-bond acceptors (Lipinski definition) is 6. The molecule has 10 heteroatoms. The summed E-state index contributed by atoms with van der Waals surface area (Å²) in [5.41, 5.74) is 1.000. The molecule has 0 bridgehead atoms. The maximum absolute atomic E-state index is 13.1. The van der Waals surface area contributed by atoms with E-state index in [9.17, 15) is 22.4 Å². The van der Waals surface area contributed by atoms with Gasteiger partial charge in [-0.1, -0.05) is 12.1 Å². The Balaban J connectivity index is 1.34. The van der Waals surface area contributed by atoms with Crippen LogP contribution in [0.5, 0.6) is 5.75 Å². The van der Waals surface area contributed by atoms with Crippen molar-refractivity contribution < 1.29 is 27.1 Å². The lowest BCUT2D eigenvalue weighted by atomic mass is 10.1. The number of piperazine rings is 1. The van der Waals surface area contributed by atoms with E-state index in [4.69, 9.17) is 4.74 Å². The molecule has 4 rings (SSSR count). The van der Waals surface area contributed by atoms with Crippen molar-refractivity contribution in [3.05, 3.63) is 59.9 Å². The van der Waals surface area contributed by atoms with Crippen molar-refractivity contribution in [2.24, 2.45) is 0 Å². The second-order valence-electron chi connectivity index (χ2n) is 8.10. The van der Waals surface area contributed by atoms with Crippen molar-refractivity contribution in [2.45, 2.75) is 23.8 Å². The maximum atomic E-state index is 13.1. The predicted octanol–water partition coefficient (Wildman–Crippen LogP) is 1.51. The number of hydrogen-bond donors (Lipinski definition) is 0. The molecule has 2 aromatic carbocycles. The average Bonchev–Trinajstić information content (AvgIpc) is 3.11. The number of rotatable bonds is 7. The number of methoxy groups -OCH3 is 1. The van der Waals surface area contributed by atoms with Crippen molar-refractivity contribution in [3.63, 3.8) is 0 Å². The summed E-state index contributed by atoms with van der Waals surface area (Å²) in [4.78, 5) is 28.7. The molecule has 33 heavy (non-hydrogen) atoms. The van der Waals surface area contributed by atoms with Crippen LogP contribution in [0.1, 0.15) is 12.0 Å². The van der Waals surface area contributed by atoms with Gasteiger partial charge in [0.25, 0.3) is 0 Å². The van der Waals surface area contributed by atoms with Crippen LogP contribution in [0, 0.1) is 5.82 Å². The van der Waals surface area contributed by atoms with E-state index in [1.807, 2.05) is 29.2 Å². The minimum atomic E-state index is -3.74. The SMILES string of the molecule is COc1ccc(CCN2C(=O)CC(N3CCN(S(=O)(=O)c4ccc(F)cc4)CC3)C2=O)cc1. The zero-order valence-electron chi connectivity index (χ0n) is 18.3. The van der Waals surface area contributed by atoms with Crippen molar-refractivity contribution in [1.82, 2.24) is 14.1 Å². The van der Waals surface area contributed by atoms with E-state index in [-0.39, 0.29) is 36.2 Å². The molecule has 2 saturated heterocycles. The lowest BCUT2D eigenvalue weighted by Gasteiger charge is -2.36. The van der Waals surface area contributed by atoms with Gasteiger partial charge in [0, 0.05) is 32.7 Å². The molecular weight excluding hydrogens is 449 g/mol. The first-order chi connectivity index (χ1) is 15.8. The fourth-order valence-corrected chi connectivity index (χ4v) is 5.65. The van der Waals surface area contributed by atoms with Crippen LogP contribution in [0.2, 0.25) is 0 Å². The van der Waals surface area contributed by atoms with Gasteiger partial charge in [-0.2, -0.15) is 4.31 Å². The van der Waals surface area contributed by atoms with Crippen molar-refractivity contribution in [1.29, 1.82) is 0 Å². The lowest BCUT2D eigenvalue weighted by molar-refractivity contribution is -0.139. The smallest absolute Gasteiger partial charge is 0.247 e. The Labute approximate surface area is 192 Å². The third-order valence-corrected chi connectivity index (χ3v) is 8.08. The maximum Gasteiger partial charge on any atom is 0.247 e. The highest BCUT2D eigenvalue weighted by atomic mass is 32.2. The number of amides is 2. The molecule has 2 aliphatic heterocycles. The number of carbonyl (C=O) groups is 2. The van der Waals surface area contributed by atoms with Gasteiger partial charge in [0.15, 0.2) is 0 Å². The third kappa shape index (κ3) is 4.92. The number of sulfonamides is 1. The van der Waals surface area contributed by atoms with Crippen LogP contribution in [-0.4, -0.2) is 80.2 Å². The molecule has 1 atom stereocenters. The molecular formula is C23H26FN3O5S. The van der Waals surface area contributed by atoms with Crippen LogP contribution in [0.25, 0.3) is 0 Å². The van der Waals surface area contributed by atoms with Crippen LogP contribution in [-0.2, 0) is 26.0 Å². The first-order valence-electron chi connectivity index (χ1n) is 10.8. The molecule has 0 aromatic heterocycles. The van der Waals surface area contributed by atoms with Gasteiger partial charge in [-0.25, -0.2) is 12.8 Å². The van der Waals surface area contributed by atoms with Gasteiger partial charge in [0.2, 0.25) is 21.8 Å². The summed E-state index contributed by atoms with van der Waals surface area (Å²) in [6, 6.07) is 11.7. The first kappa shape index (κ1) is 23.3. The van der Waals surface area contributed by atoms with Crippen molar-refractivity contribution in [2.75, 3.05) is 39.8 Å². The number of likely N-dealkylation sites (tertiary alicyclic amines) is 1. The van der Waals surface area contributed by atoms with E-state index >= 15 is 0 Å². The monoisotopic (exact) mass is 475 g/mol. The Morgan fingerprint density at radius 3 is 2.21 bits per heavy atom. The Morgan fingerprint density at radius 1 is 0.970 bits per heavy atom. The number of ether oxygens (including phenoxy) is 1. The van der Waals surface area contributed by atoms with Gasteiger partial charge < -0.3 is 4.74 Å². The Hall–Kier alpha value is -2.82. The highest BCUT2D eigenvalue weighted by Gasteiger charge is 2.43. The molecule has 2 heterocycles. The van der Waals surface area contributed by atoms with Gasteiger partial charge in [-0.05, 0) is 48.4 Å². The van der Waals surface area contributed by atoms with Gasteiger partial charge in [0.05, 0.1) is 24.5 Å². The summed E-state index contributed by atoms with van der Waals surface area (Å²) in [5, 5.41) is 0. The molecule has 8 nitrogen and oxygen atoms in total. The largest absolute Gasteiger partial charge is 0.497 e. The molecule has 0 N–H and O–H groups in total. The molecule has 0 radical (unpaired) electrons. The standard InChI is InChI=1S/C23H26FN3O5S/c1-32-19-6-2-17(3-7-19)10-11-27-22(28)16-21(23(27)29)25-12-14-26(15-13-25)33(30,31)20-8-4-18(24)5-9-20/h2-9,21H,10-16H2,1H3. The zero-order chi connectivity index (χ0) is 23.6. The van der Waals surface area contributed by atoms with E-state index in [2.05, 4.69) is 0 Å². The fourth-order valence-electron chi connectivity index (χ4n) is 4.23. The summed E-state index contributed by atoms with van der Waals surface area (Å²) in [7, 11) is -2.14. The van der Waals surface area contributed by atoms with Crippen LogP contribution in [0.4, 0.5) is 4.39 Å². The van der Waals surface area contributed by atoms with E-state index < -0.39 is 21.9 Å². The molecule has 0 saturated carbocycles. The summed E-state index contributed by atoms with van der Waals surface area (Å²) in [6.45, 7) is 1.39. The predicted molar refractivity (Wildman–Crippen MR) is 119 cm³/mol. The molecule has 176 valence electrons. The second kappa shape index (κ2) is 9.58. The topological polar surface area (TPSA) is 87.2 Å². The van der Waals surface area contributed by atoms with Gasteiger partial charge >= 0.3 is 0 Å². The van der Waals surface area contributed by atoms with E-state index in [0.29, 0.717) is 26.1 Å². The molecule has 2 amide bonds. The molecule has 0 spiro atoms. The normalized spacial score (nSPS) is 20.4. The highest BCUT2D eigenvalue weighted by molar-refractivity contribution is 7.89. The highest BCUT2D eigenvalue weighted by Crippen LogP contribution is 2.24.